The summed E-state index contributed by atoms with van der Waals surface area (Å²) in [7, 11) is 0. The van der Waals surface area contributed by atoms with Gasteiger partial charge in [0.1, 0.15) is 12.1 Å². The maximum absolute atomic E-state index is 12.7. The van der Waals surface area contributed by atoms with E-state index in [4.69, 9.17) is 21.4 Å². The van der Waals surface area contributed by atoms with Gasteiger partial charge in [-0.3, -0.25) is 0 Å². The summed E-state index contributed by atoms with van der Waals surface area (Å²) in [5, 5.41) is 12.8. The zero-order chi connectivity index (χ0) is 21.9. The molecule has 7 nitrogen and oxygen atoms in total. The van der Waals surface area contributed by atoms with E-state index in [0.717, 1.165) is 21.4 Å². The monoisotopic (exact) mass is 459 g/mol. The number of rotatable bonds is 7. The molecule has 158 valence electrons. The van der Waals surface area contributed by atoms with Gasteiger partial charge in [0, 0.05) is 4.90 Å². The number of benzene rings is 2. The second-order valence-electron chi connectivity index (χ2n) is 5.88. The number of halogens is 4. The summed E-state index contributed by atoms with van der Waals surface area (Å²) in [5.74, 6) is -0.794. The van der Waals surface area contributed by atoms with Gasteiger partial charge in [-0.1, -0.05) is 11.6 Å². The summed E-state index contributed by atoms with van der Waals surface area (Å²) in [6.45, 7) is -0.525. The molecule has 0 saturated carbocycles. The molecule has 3 rings (SSSR count). The summed E-state index contributed by atoms with van der Waals surface area (Å²) in [5.41, 5.74) is -1.07. The molecule has 0 atom stereocenters. The average molecular weight is 460 g/mol. The first-order valence-electron chi connectivity index (χ1n) is 8.24. The molecule has 12 heteroatoms. The van der Waals surface area contributed by atoms with Gasteiger partial charge in [0.25, 0.3) is 0 Å². The Labute approximate surface area is 176 Å². The third-order valence-electron chi connectivity index (χ3n) is 3.81. The van der Waals surface area contributed by atoms with Gasteiger partial charge in [-0.2, -0.15) is 18.3 Å². The molecular weight excluding hydrogens is 447 g/mol. The first-order valence-corrected chi connectivity index (χ1v) is 9.60. The summed E-state index contributed by atoms with van der Waals surface area (Å²) < 4.78 is 45.3. The van der Waals surface area contributed by atoms with E-state index in [9.17, 15) is 22.8 Å². The minimum Gasteiger partial charge on any atom is -0.480 e. The lowest BCUT2D eigenvalue weighted by Gasteiger charge is -2.08. The Hall–Kier alpha value is -2.92. The zero-order valence-electron chi connectivity index (χ0n) is 15.0. The molecule has 2 aromatic carbocycles. The van der Waals surface area contributed by atoms with Crippen LogP contribution in [0.25, 0.3) is 5.69 Å². The highest BCUT2D eigenvalue weighted by Gasteiger charge is 2.30. The fourth-order valence-corrected chi connectivity index (χ4v) is 3.49. The normalized spacial score (nSPS) is 11.5. The van der Waals surface area contributed by atoms with E-state index < -0.39 is 30.0 Å². The molecule has 1 heterocycles. The van der Waals surface area contributed by atoms with E-state index in [-0.39, 0.29) is 22.3 Å². The highest BCUT2D eigenvalue weighted by Crippen LogP contribution is 2.31. The Morgan fingerprint density at radius 1 is 1.20 bits per heavy atom. The number of carbonyl (C=O) groups is 1. The van der Waals surface area contributed by atoms with Gasteiger partial charge >= 0.3 is 17.8 Å². The van der Waals surface area contributed by atoms with Crippen LogP contribution in [0.4, 0.5) is 13.2 Å². The molecule has 0 aliphatic carbocycles. The van der Waals surface area contributed by atoms with Crippen LogP contribution in [0.2, 0.25) is 5.02 Å². The molecule has 3 aromatic rings. The molecule has 0 aliphatic rings. The third kappa shape index (κ3) is 5.16. The Kier molecular flexibility index (Phi) is 6.42. The van der Waals surface area contributed by atoms with Gasteiger partial charge in [-0.25, -0.2) is 18.8 Å². The number of carboxylic acid groups (broad SMARTS) is 1. The van der Waals surface area contributed by atoms with Crippen molar-refractivity contribution in [3.63, 3.8) is 0 Å². The van der Waals surface area contributed by atoms with Crippen molar-refractivity contribution in [2.24, 2.45) is 0 Å². The number of hydrogen-bond acceptors (Lipinski definition) is 5. The third-order valence-corrected chi connectivity index (χ3v) is 5.07. The molecule has 0 fully saturated rings. The number of ether oxygens (including phenoxy) is 1. The van der Waals surface area contributed by atoms with Crippen molar-refractivity contribution < 1.29 is 27.8 Å². The van der Waals surface area contributed by atoms with E-state index in [1.807, 2.05) is 0 Å². The standard InChI is InChI=1S/C18H13ClF3N3O4S/c19-14-7-13(5-6-15(14)29-8-16(26)27)30-10-25-17(28)24(9-23-25)12-3-1-11(2-4-12)18(20,21)22/h1-7,9H,8,10H2,(H,26,27). The average Bonchev–Trinajstić information content (AvgIpc) is 3.05. The van der Waals surface area contributed by atoms with E-state index in [1.165, 1.54) is 36.3 Å². The van der Waals surface area contributed by atoms with Crippen molar-refractivity contribution in [3.8, 4) is 11.4 Å². The van der Waals surface area contributed by atoms with Crippen LogP contribution in [0.5, 0.6) is 5.75 Å². The Morgan fingerprint density at radius 3 is 2.50 bits per heavy atom. The Morgan fingerprint density at radius 2 is 1.90 bits per heavy atom. The van der Waals surface area contributed by atoms with Crippen LogP contribution in [-0.4, -0.2) is 32.0 Å². The molecule has 0 aliphatic heterocycles. The zero-order valence-corrected chi connectivity index (χ0v) is 16.5. The van der Waals surface area contributed by atoms with E-state index in [2.05, 4.69) is 5.10 Å². The van der Waals surface area contributed by atoms with Crippen LogP contribution in [0.3, 0.4) is 0 Å². The number of aromatic nitrogens is 3. The van der Waals surface area contributed by atoms with Crippen LogP contribution in [-0.2, 0) is 16.8 Å². The van der Waals surface area contributed by atoms with Crippen LogP contribution in [0, 0.1) is 0 Å². The predicted octanol–water partition coefficient (Wildman–Crippen LogP) is 3.92. The fourth-order valence-electron chi connectivity index (χ4n) is 2.38. The van der Waals surface area contributed by atoms with Crippen molar-refractivity contribution >= 4 is 29.3 Å². The maximum atomic E-state index is 12.7. The number of nitrogens with zero attached hydrogens (tertiary/aromatic N) is 3. The van der Waals surface area contributed by atoms with Gasteiger partial charge in [-0.15, -0.1) is 11.8 Å². The van der Waals surface area contributed by atoms with Gasteiger partial charge in [0.15, 0.2) is 6.61 Å². The molecule has 0 spiro atoms. The molecule has 0 radical (unpaired) electrons. The van der Waals surface area contributed by atoms with Crippen LogP contribution < -0.4 is 10.4 Å². The topological polar surface area (TPSA) is 86.3 Å². The number of hydrogen-bond donors (Lipinski definition) is 1. The highest BCUT2D eigenvalue weighted by molar-refractivity contribution is 7.98. The van der Waals surface area contributed by atoms with Gasteiger partial charge < -0.3 is 9.84 Å². The molecule has 0 saturated heterocycles. The molecule has 1 aromatic heterocycles. The predicted molar refractivity (Wildman–Crippen MR) is 103 cm³/mol. The number of aliphatic carboxylic acids is 1. The minimum atomic E-state index is -4.46. The SMILES string of the molecule is O=C(O)COc1ccc(SCn2ncn(-c3ccc(C(F)(F)F)cc3)c2=O)cc1Cl. The lowest BCUT2D eigenvalue weighted by Crippen LogP contribution is -2.23. The van der Waals surface area contributed by atoms with Crippen LogP contribution >= 0.6 is 23.4 Å². The molecule has 0 unspecified atom stereocenters. The molecular formula is C18H13ClF3N3O4S. The first-order chi connectivity index (χ1) is 14.1. The molecule has 30 heavy (non-hydrogen) atoms. The largest absolute Gasteiger partial charge is 0.480 e. The van der Waals surface area contributed by atoms with Crippen molar-refractivity contribution in [2.45, 2.75) is 16.9 Å². The quantitative estimate of drug-likeness (QED) is 0.539. The van der Waals surface area contributed by atoms with Crippen LogP contribution in [0.15, 0.2) is 58.5 Å². The fraction of sp³-hybridized carbons (Fsp3) is 0.167. The van der Waals surface area contributed by atoms with Crippen molar-refractivity contribution in [1.82, 2.24) is 14.3 Å². The Bertz CT molecular complexity index is 1110. The lowest BCUT2D eigenvalue weighted by atomic mass is 10.2. The lowest BCUT2D eigenvalue weighted by molar-refractivity contribution is -0.139. The first kappa shape index (κ1) is 21.8. The van der Waals surface area contributed by atoms with Crippen molar-refractivity contribution in [2.75, 3.05) is 6.61 Å². The van der Waals surface area contributed by atoms with Gasteiger partial charge in [0.2, 0.25) is 0 Å². The molecule has 0 amide bonds. The smallest absolute Gasteiger partial charge is 0.416 e. The van der Waals surface area contributed by atoms with Crippen molar-refractivity contribution in [3.05, 3.63) is 69.9 Å². The van der Waals surface area contributed by atoms with E-state index >= 15 is 0 Å². The summed E-state index contributed by atoms with van der Waals surface area (Å²) in [4.78, 5) is 23.7. The number of thioether (sulfide) groups is 1. The highest BCUT2D eigenvalue weighted by atomic mass is 35.5. The second-order valence-corrected chi connectivity index (χ2v) is 7.30. The maximum Gasteiger partial charge on any atom is 0.416 e. The van der Waals surface area contributed by atoms with Gasteiger partial charge in [-0.05, 0) is 42.5 Å². The van der Waals surface area contributed by atoms with E-state index in [1.54, 1.807) is 12.1 Å². The number of carboxylic acids is 1. The summed E-state index contributed by atoms with van der Waals surface area (Å²) >= 11 is 7.29. The summed E-state index contributed by atoms with van der Waals surface area (Å²) in [6.07, 6.45) is -3.24. The second kappa shape index (κ2) is 8.84. The molecule has 1 N–H and O–H groups in total. The number of alkyl halides is 3. The summed E-state index contributed by atoms with van der Waals surface area (Å²) in [6, 6.07) is 8.88. The minimum absolute atomic E-state index is 0.123. The van der Waals surface area contributed by atoms with E-state index in [0.29, 0.717) is 4.90 Å². The Balaban J connectivity index is 1.69. The van der Waals surface area contributed by atoms with Crippen molar-refractivity contribution in [1.29, 1.82) is 0 Å². The van der Waals surface area contributed by atoms with Gasteiger partial charge in [0.05, 0.1) is 22.2 Å². The molecule has 0 bridgehead atoms. The van der Waals surface area contributed by atoms with Crippen LogP contribution in [0.1, 0.15) is 5.56 Å².